The van der Waals surface area contributed by atoms with E-state index in [0.29, 0.717) is 25.4 Å². The van der Waals surface area contributed by atoms with Crippen LogP contribution in [0.1, 0.15) is 5.56 Å². The second kappa shape index (κ2) is 10.3. The lowest BCUT2D eigenvalue weighted by Gasteiger charge is -2.18. The molecule has 0 unspecified atom stereocenters. The van der Waals surface area contributed by atoms with Crippen LogP contribution in [0.2, 0.25) is 0 Å². The fraction of sp³-hybridized carbons (Fsp3) is 0.296. The molecule has 0 bridgehead atoms. The minimum atomic E-state index is -0.530. The number of hydrogen-bond donors (Lipinski definition) is 2. The highest BCUT2D eigenvalue weighted by molar-refractivity contribution is 5.84. The maximum Gasteiger partial charge on any atom is 0.412 e. The number of fused-ring (bicyclic) bond motifs is 1. The quantitative estimate of drug-likeness (QED) is 0.549. The van der Waals surface area contributed by atoms with E-state index in [-0.39, 0.29) is 18.2 Å². The number of nitrogens with one attached hydrogen (secondary N) is 2. The first-order valence-corrected chi connectivity index (χ1v) is 11.4. The molecule has 34 heavy (non-hydrogen) atoms. The molecule has 2 saturated heterocycles. The van der Waals surface area contributed by atoms with Gasteiger partial charge in [0, 0.05) is 12.2 Å². The van der Waals surface area contributed by atoms with Gasteiger partial charge in [0.25, 0.3) is 0 Å². The Morgan fingerprint density at radius 3 is 2.32 bits per heavy atom. The Labute approximate surface area is 199 Å². The van der Waals surface area contributed by atoms with E-state index in [9.17, 15) is 4.79 Å². The molecule has 3 aromatic carbocycles. The molecule has 1 amide bonds. The number of benzene rings is 3. The van der Waals surface area contributed by atoms with Gasteiger partial charge in [-0.3, -0.25) is 5.32 Å². The van der Waals surface area contributed by atoms with Crippen LogP contribution < -0.4 is 15.4 Å². The molecule has 5 rings (SSSR count). The van der Waals surface area contributed by atoms with Crippen LogP contribution in [0.5, 0.6) is 5.75 Å². The molecule has 3 aromatic rings. The van der Waals surface area contributed by atoms with Crippen LogP contribution in [0, 0.1) is 0 Å². The summed E-state index contributed by atoms with van der Waals surface area (Å²) in [5.74, 6) is 0.719. The van der Waals surface area contributed by atoms with Crippen molar-refractivity contribution in [3.63, 3.8) is 0 Å². The Morgan fingerprint density at radius 1 is 0.882 bits per heavy atom. The molecule has 7 heteroatoms. The molecular weight excluding hydrogens is 432 g/mol. The number of amides is 1. The molecule has 2 heterocycles. The van der Waals surface area contributed by atoms with Crippen LogP contribution in [0.15, 0.2) is 78.9 Å². The first-order chi connectivity index (χ1) is 16.7. The summed E-state index contributed by atoms with van der Waals surface area (Å²) in [6, 6.07) is 26.0. The van der Waals surface area contributed by atoms with Crippen LogP contribution in [0.25, 0.3) is 11.1 Å². The van der Waals surface area contributed by atoms with E-state index in [1.54, 1.807) is 31.4 Å². The standard InChI is InChI=1S/C27H28N2O5/c1-31-22-13-11-21(12-14-22)29-27(30)34-24-17-33-25-23(16-32-26(24)25)28-15-18-7-9-20(10-8-18)19-5-3-2-4-6-19/h2-14,23-26,28H,15-17H2,1H3,(H,29,30)/t23-,24-,25-,26+/m0/s1. The minimum Gasteiger partial charge on any atom is -0.497 e. The Bertz CT molecular complexity index is 1090. The second-order valence-electron chi connectivity index (χ2n) is 8.44. The largest absolute Gasteiger partial charge is 0.497 e. The molecule has 0 radical (unpaired) electrons. The summed E-state index contributed by atoms with van der Waals surface area (Å²) in [7, 11) is 1.60. The minimum absolute atomic E-state index is 0.0389. The molecule has 2 fully saturated rings. The molecule has 7 nitrogen and oxygen atoms in total. The maximum atomic E-state index is 12.3. The van der Waals surface area contributed by atoms with Gasteiger partial charge in [-0.2, -0.15) is 0 Å². The lowest BCUT2D eigenvalue weighted by Crippen LogP contribution is -2.41. The predicted molar refractivity (Wildman–Crippen MR) is 129 cm³/mol. The van der Waals surface area contributed by atoms with Crippen molar-refractivity contribution in [1.82, 2.24) is 5.32 Å². The summed E-state index contributed by atoms with van der Waals surface area (Å²) in [6.45, 7) is 1.53. The molecule has 4 atom stereocenters. The van der Waals surface area contributed by atoms with Gasteiger partial charge in [-0.1, -0.05) is 54.6 Å². The zero-order valence-corrected chi connectivity index (χ0v) is 19.0. The molecule has 2 N–H and O–H groups in total. The third kappa shape index (κ3) is 5.07. The summed E-state index contributed by atoms with van der Waals surface area (Å²) < 4.78 is 22.6. The normalized spacial score (nSPS) is 23.3. The Morgan fingerprint density at radius 2 is 1.59 bits per heavy atom. The molecule has 176 valence electrons. The third-order valence-corrected chi connectivity index (χ3v) is 6.23. The number of methoxy groups -OCH3 is 1. The second-order valence-corrected chi connectivity index (χ2v) is 8.44. The summed E-state index contributed by atoms with van der Waals surface area (Å²) in [5, 5.41) is 6.27. The van der Waals surface area contributed by atoms with Crippen molar-refractivity contribution < 1.29 is 23.7 Å². The highest BCUT2D eigenvalue weighted by Gasteiger charge is 2.49. The van der Waals surface area contributed by atoms with Gasteiger partial charge in [0.05, 0.1) is 26.4 Å². The average molecular weight is 461 g/mol. The van der Waals surface area contributed by atoms with Gasteiger partial charge in [0.2, 0.25) is 0 Å². The molecular formula is C27H28N2O5. The van der Waals surface area contributed by atoms with Crippen molar-refractivity contribution in [2.45, 2.75) is 30.9 Å². The van der Waals surface area contributed by atoms with E-state index >= 15 is 0 Å². The Kier molecular flexibility index (Phi) is 6.76. The van der Waals surface area contributed by atoms with Crippen LogP contribution >= 0.6 is 0 Å². The van der Waals surface area contributed by atoms with Crippen molar-refractivity contribution >= 4 is 11.8 Å². The maximum absolute atomic E-state index is 12.3. The van der Waals surface area contributed by atoms with Crippen LogP contribution in [0.4, 0.5) is 10.5 Å². The summed E-state index contributed by atoms with van der Waals surface area (Å²) in [4.78, 5) is 12.3. The van der Waals surface area contributed by atoms with Crippen LogP contribution in [-0.2, 0) is 20.8 Å². The zero-order chi connectivity index (χ0) is 23.3. The van der Waals surface area contributed by atoms with E-state index in [4.69, 9.17) is 18.9 Å². The Hall–Kier alpha value is -3.39. The number of anilines is 1. The van der Waals surface area contributed by atoms with Crippen molar-refractivity contribution in [3.05, 3.63) is 84.4 Å². The average Bonchev–Trinajstić information content (AvgIpc) is 3.47. The molecule has 2 aliphatic heterocycles. The summed E-state index contributed by atoms with van der Waals surface area (Å²) in [6.07, 6.45) is -1.40. The topological polar surface area (TPSA) is 78.1 Å². The fourth-order valence-corrected chi connectivity index (χ4v) is 4.39. The Balaban J connectivity index is 1.11. The number of carbonyl (C=O) groups is 1. The molecule has 0 spiro atoms. The smallest absolute Gasteiger partial charge is 0.412 e. The van der Waals surface area contributed by atoms with Crippen molar-refractivity contribution in [2.24, 2.45) is 0 Å². The number of carbonyl (C=O) groups excluding carboxylic acids is 1. The lowest BCUT2D eigenvalue weighted by molar-refractivity contribution is 0.00854. The fourth-order valence-electron chi connectivity index (χ4n) is 4.39. The van der Waals surface area contributed by atoms with Crippen molar-refractivity contribution in [1.29, 1.82) is 0 Å². The van der Waals surface area contributed by atoms with Gasteiger partial charge < -0.3 is 24.3 Å². The number of rotatable bonds is 7. The monoisotopic (exact) mass is 460 g/mol. The van der Waals surface area contributed by atoms with E-state index in [1.807, 2.05) is 18.2 Å². The highest BCUT2D eigenvalue weighted by Crippen LogP contribution is 2.29. The van der Waals surface area contributed by atoms with Gasteiger partial charge >= 0.3 is 6.09 Å². The van der Waals surface area contributed by atoms with Gasteiger partial charge in [-0.05, 0) is 41.0 Å². The van der Waals surface area contributed by atoms with Crippen molar-refractivity contribution in [2.75, 3.05) is 25.6 Å². The van der Waals surface area contributed by atoms with E-state index in [0.717, 1.165) is 5.75 Å². The van der Waals surface area contributed by atoms with Crippen LogP contribution in [-0.4, -0.2) is 50.8 Å². The van der Waals surface area contributed by atoms with Crippen LogP contribution in [0.3, 0.4) is 0 Å². The zero-order valence-electron chi connectivity index (χ0n) is 19.0. The third-order valence-electron chi connectivity index (χ3n) is 6.23. The number of hydrogen-bond acceptors (Lipinski definition) is 6. The SMILES string of the molecule is COc1ccc(NC(=O)O[C@H]2CO[C@@H]3[C@@H]2OC[C@@H]3NCc2ccc(-c3ccccc3)cc2)cc1. The first kappa shape index (κ1) is 22.4. The molecule has 2 aliphatic rings. The summed E-state index contributed by atoms with van der Waals surface area (Å²) in [5.41, 5.74) is 4.22. The summed E-state index contributed by atoms with van der Waals surface area (Å²) >= 11 is 0. The predicted octanol–water partition coefficient (Wildman–Crippen LogP) is 4.24. The van der Waals surface area contributed by atoms with E-state index in [2.05, 4.69) is 47.0 Å². The van der Waals surface area contributed by atoms with E-state index in [1.165, 1.54) is 16.7 Å². The van der Waals surface area contributed by atoms with Gasteiger partial charge in [-0.15, -0.1) is 0 Å². The first-order valence-electron chi connectivity index (χ1n) is 11.4. The number of ether oxygens (including phenoxy) is 4. The van der Waals surface area contributed by atoms with Gasteiger partial charge in [0.15, 0.2) is 6.10 Å². The molecule has 0 aliphatic carbocycles. The highest BCUT2D eigenvalue weighted by atomic mass is 16.6. The molecule has 0 aromatic heterocycles. The van der Waals surface area contributed by atoms with Gasteiger partial charge in [0.1, 0.15) is 18.0 Å². The van der Waals surface area contributed by atoms with Gasteiger partial charge in [-0.25, -0.2) is 4.79 Å². The molecule has 0 saturated carbocycles. The lowest BCUT2D eigenvalue weighted by atomic mass is 10.0. The van der Waals surface area contributed by atoms with Crippen molar-refractivity contribution in [3.8, 4) is 16.9 Å². The van der Waals surface area contributed by atoms with E-state index < -0.39 is 12.2 Å².